The molecular weight excluding hydrogens is 441 g/mol. The molecule has 0 atom stereocenters. The Morgan fingerprint density at radius 3 is 2.63 bits per heavy atom. The van der Waals surface area contributed by atoms with Crippen LogP contribution in [-0.2, 0) is 0 Å². The number of hydrogen-bond donors (Lipinski definition) is 1. The average molecular weight is 480 g/mol. The fourth-order valence-corrected chi connectivity index (χ4v) is 4.65. The van der Waals surface area contributed by atoms with Gasteiger partial charge in [-0.05, 0) is 77.4 Å². The summed E-state index contributed by atoms with van der Waals surface area (Å²) in [6, 6.07) is 6.16. The second-order valence-electron chi connectivity index (χ2n) is 9.87. The van der Waals surface area contributed by atoms with Gasteiger partial charge in [0.15, 0.2) is 0 Å². The van der Waals surface area contributed by atoms with Crippen LogP contribution in [0.25, 0.3) is 11.3 Å². The zero-order valence-electron chi connectivity index (χ0n) is 21.6. The van der Waals surface area contributed by atoms with Gasteiger partial charge in [-0.15, -0.1) is 0 Å². The van der Waals surface area contributed by atoms with Gasteiger partial charge >= 0.3 is 0 Å². The number of benzene rings is 1. The predicted molar refractivity (Wildman–Crippen MR) is 141 cm³/mol. The highest BCUT2D eigenvalue weighted by atomic mass is 19.1. The van der Waals surface area contributed by atoms with E-state index in [0.29, 0.717) is 23.4 Å². The number of unbranched alkanes of at least 4 members (excludes halogenated alkanes) is 1. The van der Waals surface area contributed by atoms with Crippen LogP contribution in [0.2, 0.25) is 0 Å². The summed E-state index contributed by atoms with van der Waals surface area (Å²) in [4.78, 5) is 13.7. The normalized spacial score (nSPS) is 14.8. The second-order valence-corrected chi connectivity index (χ2v) is 9.87. The fourth-order valence-electron chi connectivity index (χ4n) is 4.65. The zero-order valence-corrected chi connectivity index (χ0v) is 21.6. The highest BCUT2D eigenvalue weighted by molar-refractivity contribution is 5.65. The minimum Gasteiger partial charge on any atom is -0.369 e. The first kappa shape index (κ1) is 25.1. The summed E-state index contributed by atoms with van der Waals surface area (Å²) in [7, 11) is 2.21. The Morgan fingerprint density at radius 2 is 1.97 bits per heavy atom. The lowest BCUT2D eigenvalue weighted by atomic mass is 10.0. The molecule has 188 valence electrons. The van der Waals surface area contributed by atoms with Crippen LogP contribution in [-0.4, -0.2) is 57.4 Å². The lowest BCUT2D eigenvalue weighted by molar-refractivity contribution is 0.205. The van der Waals surface area contributed by atoms with Crippen molar-refractivity contribution in [3.63, 3.8) is 0 Å². The van der Waals surface area contributed by atoms with Gasteiger partial charge in [0.2, 0.25) is 5.95 Å². The summed E-state index contributed by atoms with van der Waals surface area (Å²) in [6.45, 7) is 11.3. The molecule has 3 heterocycles. The van der Waals surface area contributed by atoms with E-state index in [1.165, 1.54) is 18.9 Å². The number of nitrogens with one attached hydrogen (secondary N) is 1. The van der Waals surface area contributed by atoms with Crippen molar-refractivity contribution >= 4 is 17.3 Å². The van der Waals surface area contributed by atoms with Crippen molar-refractivity contribution in [3.05, 3.63) is 48.2 Å². The van der Waals surface area contributed by atoms with Crippen LogP contribution in [0, 0.1) is 12.7 Å². The molecule has 1 aromatic carbocycles. The summed E-state index contributed by atoms with van der Waals surface area (Å²) in [6.07, 6.45) is 10.2. The van der Waals surface area contributed by atoms with Gasteiger partial charge in [0, 0.05) is 48.8 Å². The maximum atomic E-state index is 15.1. The number of hydrogen-bond acceptors (Lipinski definition) is 6. The molecule has 0 amide bonds. The fraction of sp³-hybridized carbons (Fsp3) is 0.519. The van der Waals surface area contributed by atoms with Crippen LogP contribution in [0.4, 0.5) is 21.7 Å². The van der Waals surface area contributed by atoms with Gasteiger partial charge < -0.3 is 15.1 Å². The van der Waals surface area contributed by atoms with Crippen LogP contribution in [0.5, 0.6) is 0 Å². The van der Waals surface area contributed by atoms with Crippen molar-refractivity contribution in [3.8, 4) is 11.3 Å². The standard InChI is InChI=1S/C27H38FN7/c1-6-7-12-33(5)23-10-13-34(14-11-23)25-9-8-22(15-24(25)28)31-27-29-16-20(4)26(32-27)21-17-30-35(18-21)19(2)3/h8-9,15-19,23H,6-7,10-14H2,1-5H3,(H,29,31,32). The Morgan fingerprint density at radius 1 is 1.20 bits per heavy atom. The number of nitrogens with zero attached hydrogens (tertiary/aromatic N) is 6. The van der Waals surface area contributed by atoms with Gasteiger partial charge in [0.25, 0.3) is 0 Å². The lowest BCUT2D eigenvalue weighted by Crippen LogP contribution is -2.44. The third-order valence-electron chi connectivity index (χ3n) is 6.87. The molecule has 0 saturated carbocycles. The molecule has 7 nitrogen and oxygen atoms in total. The Hall–Kier alpha value is -3.00. The van der Waals surface area contributed by atoms with E-state index in [-0.39, 0.29) is 11.9 Å². The number of piperidine rings is 1. The number of aryl methyl sites for hydroxylation is 1. The van der Waals surface area contributed by atoms with E-state index in [1.807, 2.05) is 36.1 Å². The molecule has 2 aromatic heterocycles. The monoisotopic (exact) mass is 479 g/mol. The van der Waals surface area contributed by atoms with Gasteiger partial charge in [0.1, 0.15) is 5.82 Å². The maximum Gasteiger partial charge on any atom is 0.227 e. The van der Waals surface area contributed by atoms with Crippen molar-refractivity contribution < 1.29 is 4.39 Å². The van der Waals surface area contributed by atoms with Crippen molar-refractivity contribution in [2.75, 3.05) is 36.9 Å². The number of anilines is 3. The van der Waals surface area contributed by atoms with Crippen LogP contribution in [0.15, 0.2) is 36.8 Å². The van der Waals surface area contributed by atoms with Crippen LogP contribution >= 0.6 is 0 Å². The molecule has 1 saturated heterocycles. The van der Waals surface area contributed by atoms with Gasteiger partial charge in [0.05, 0.1) is 17.6 Å². The summed E-state index contributed by atoms with van der Waals surface area (Å²) >= 11 is 0. The Bertz CT molecular complexity index is 1120. The second kappa shape index (κ2) is 11.2. The molecular formula is C27H38FN7. The topological polar surface area (TPSA) is 62.1 Å². The highest BCUT2D eigenvalue weighted by Gasteiger charge is 2.24. The van der Waals surface area contributed by atoms with Gasteiger partial charge in [-0.1, -0.05) is 13.3 Å². The molecule has 0 spiro atoms. The quantitative estimate of drug-likeness (QED) is 0.418. The molecule has 0 aliphatic carbocycles. The van der Waals surface area contributed by atoms with Gasteiger partial charge in [-0.25, -0.2) is 14.4 Å². The van der Waals surface area contributed by atoms with Crippen LogP contribution < -0.4 is 10.2 Å². The molecule has 1 N–H and O–H groups in total. The Kier molecular flexibility index (Phi) is 8.00. The van der Waals surface area contributed by atoms with Gasteiger partial charge in [-0.2, -0.15) is 5.10 Å². The predicted octanol–water partition coefficient (Wildman–Crippen LogP) is 5.81. The molecule has 0 unspecified atom stereocenters. The van der Waals surface area contributed by atoms with Crippen LogP contribution in [0.1, 0.15) is 58.1 Å². The summed E-state index contributed by atoms with van der Waals surface area (Å²) in [5.41, 5.74) is 4.01. The summed E-state index contributed by atoms with van der Waals surface area (Å²) in [5, 5.41) is 7.59. The molecule has 0 radical (unpaired) electrons. The molecule has 3 aromatic rings. The number of rotatable bonds is 9. The van der Waals surface area contributed by atoms with E-state index in [4.69, 9.17) is 0 Å². The Labute approximate surface area is 208 Å². The zero-order chi connectivity index (χ0) is 24.9. The largest absolute Gasteiger partial charge is 0.369 e. The highest BCUT2D eigenvalue weighted by Crippen LogP contribution is 2.29. The lowest BCUT2D eigenvalue weighted by Gasteiger charge is -2.38. The van der Waals surface area contributed by atoms with E-state index in [1.54, 1.807) is 6.20 Å². The average Bonchev–Trinajstić information content (AvgIpc) is 3.34. The number of halogens is 1. The summed E-state index contributed by atoms with van der Waals surface area (Å²) < 4.78 is 17.0. The Balaban J connectivity index is 1.42. The first-order valence-corrected chi connectivity index (χ1v) is 12.8. The third-order valence-corrected chi connectivity index (χ3v) is 6.87. The van der Waals surface area contributed by atoms with Gasteiger partial charge in [-0.3, -0.25) is 4.68 Å². The molecule has 0 bridgehead atoms. The smallest absolute Gasteiger partial charge is 0.227 e. The molecule has 1 aliphatic heterocycles. The van der Waals surface area contributed by atoms with E-state index in [9.17, 15) is 0 Å². The summed E-state index contributed by atoms with van der Waals surface area (Å²) in [5.74, 6) is 0.212. The van der Waals surface area contributed by atoms with E-state index >= 15 is 4.39 Å². The van der Waals surface area contributed by atoms with Crippen LogP contribution in [0.3, 0.4) is 0 Å². The molecule has 1 aliphatic rings. The molecule has 8 heteroatoms. The van der Waals surface area contributed by atoms with E-state index in [2.05, 4.69) is 58.0 Å². The molecule has 4 rings (SSSR count). The minimum absolute atomic E-state index is 0.224. The first-order chi connectivity index (χ1) is 16.9. The maximum absolute atomic E-state index is 15.1. The minimum atomic E-state index is -0.224. The first-order valence-electron chi connectivity index (χ1n) is 12.8. The van der Waals surface area contributed by atoms with Crippen molar-refractivity contribution in [1.29, 1.82) is 0 Å². The molecule has 1 fully saturated rings. The number of aromatic nitrogens is 4. The molecule has 35 heavy (non-hydrogen) atoms. The van der Waals surface area contributed by atoms with Crippen molar-refractivity contribution in [2.45, 2.75) is 65.5 Å². The van der Waals surface area contributed by atoms with E-state index < -0.39 is 0 Å². The third kappa shape index (κ3) is 5.99. The van der Waals surface area contributed by atoms with Crippen molar-refractivity contribution in [1.82, 2.24) is 24.6 Å². The van der Waals surface area contributed by atoms with E-state index in [0.717, 1.165) is 49.3 Å². The SMILES string of the molecule is CCCCN(C)C1CCN(c2ccc(Nc3ncc(C)c(-c4cnn(C(C)C)c4)n3)cc2F)CC1. The van der Waals surface area contributed by atoms with Crippen molar-refractivity contribution in [2.24, 2.45) is 0 Å².